The quantitative estimate of drug-likeness (QED) is 0.721. The molecule has 0 aromatic heterocycles. The molecule has 0 spiro atoms. The van der Waals surface area contributed by atoms with E-state index in [9.17, 15) is 9.59 Å². The van der Waals surface area contributed by atoms with Gasteiger partial charge < -0.3 is 9.47 Å². The third kappa shape index (κ3) is 3.91. The highest BCUT2D eigenvalue weighted by Crippen LogP contribution is 2.35. The lowest BCUT2D eigenvalue weighted by Gasteiger charge is -2.12. The highest BCUT2D eigenvalue weighted by molar-refractivity contribution is 8.18. The molecule has 2 aromatic carbocycles. The minimum atomic E-state index is -0.270. The standard InChI is InChI=1S/C20H19NO4S/c1-24-16-9-8-15(17(13-16)25-2)12-18-19(22)21(20(23)26-18)11-10-14-6-4-3-5-7-14/h3-9,12-13H,10-11H2,1-2H3/b18-12+. The molecular formula is C20H19NO4S. The summed E-state index contributed by atoms with van der Waals surface area (Å²) in [5.41, 5.74) is 1.81. The molecule has 2 amide bonds. The van der Waals surface area contributed by atoms with Crippen LogP contribution in [0, 0.1) is 0 Å². The van der Waals surface area contributed by atoms with Crippen LogP contribution in [0.15, 0.2) is 53.4 Å². The van der Waals surface area contributed by atoms with Gasteiger partial charge in [-0.2, -0.15) is 0 Å². The highest BCUT2D eigenvalue weighted by atomic mass is 32.2. The van der Waals surface area contributed by atoms with E-state index in [2.05, 4.69) is 0 Å². The molecule has 134 valence electrons. The van der Waals surface area contributed by atoms with E-state index >= 15 is 0 Å². The number of hydrogen-bond donors (Lipinski definition) is 0. The van der Waals surface area contributed by atoms with E-state index in [1.165, 1.54) is 4.90 Å². The number of methoxy groups -OCH3 is 2. The zero-order valence-corrected chi connectivity index (χ0v) is 15.4. The Hall–Kier alpha value is -2.73. The lowest BCUT2D eigenvalue weighted by atomic mass is 10.1. The van der Waals surface area contributed by atoms with Gasteiger partial charge >= 0.3 is 0 Å². The van der Waals surface area contributed by atoms with Gasteiger partial charge in [0.1, 0.15) is 11.5 Å². The Morgan fingerprint density at radius 3 is 2.50 bits per heavy atom. The highest BCUT2D eigenvalue weighted by Gasteiger charge is 2.34. The van der Waals surface area contributed by atoms with Gasteiger partial charge in [0.2, 0.25) is 0 Å². The predicted octanol–water partition coefficient (Wildman–Crippen LogP) is 3.98. The summed E-state index contributed by atoms with van der Waals surface area (Å²) in [5, 5.41) is -0.246. The predicted molar refractivity (Wildman–Crippen MR) is 102 cm³/mol. The van der Waals surface area contributed by atoms with Crippen molar-refractivity contribution in [3.05, 3.63) is 64.6 Å². The average molecular weight is 369 g/mol. The van der Waals surface area contributed by atoms with Gasteiger partial charge in [0, 0.05) is 18.2 Å². The number of benzene rings is 2. The van der Waals surface area contributed by atoms with Gasteiger partial charge in [-0.05, 0) is 42.0 Å². The molecule has 0 saturated carbocycles. The molecule has 26 heavy (non-hydrogen) atoms. The van der Waals surface area contributed by atoms with Crippen LogP contribution >= 0.6 is 11.8 Å². The molecule has 2 aromatic rings. The second-order valence-electron chi connectivity index (χ2n) is 5.68. The molecule has 0 atom stereocenters. The number of nitrogens with zero attached hydrogens (tertiary/aromatic N) is 1. The van der Waals surface area contributed by atoms with Crippen LogP contribution in [0.3, 0.4) is 0 Å². The Balaban J connectivity index is 1.77. The number of ether oxygens (including phenoxy) is 2. The van der Waals surface area contributed by atoms with Gasteiger partial charge in [-0.15, -0.1) is 0 Å². The van der Waals surface area contributed by atoms with Crippen molar-refractivity contribution >= 4 is 29.0 Å². The van der Waals surface area contributed by atoms with Crippen molar-refractivity contribution in [2.75, 3.05) is 20.8 Å². The third-order valence-electron chi connectivity index (χ3n) is 4.07. The number of rotatable bonds is 6. The second-order valence-corrected chi connectivity index (χ2v) is 6.67. The molecule has 0 bridgehead atoms. The van der Waals surface area contributed by atoms with Crippen LogP contribution in [0.2, 0.25) is 0 Å². The monoisotopic (exact) mass is 369 g/mol. The first kappa shape index (κ1) is 18.1. The smallest absolute Gasteiger partial charge is 0.293 e. The zero-order chi connectivity index (χ0) is 18.5. The molecular weight excluding hydrogens is 350 g/mol. The summed E-state index contributed by atoms with van der Waals surface area (Å²) >= 11 is 0.953. The van der Waals surface area contributed by atoms with Crippen LogP contribution in [0.5, 0.6) is 11.5 Å². The summed E-state index contributed by atoms with van der Waals surface area (Å²) in [6, 6.07) is 15.1. The van der Waals surface area contributed by atoms with Crippen molar-refractivity contribution in [2.24, 2.45) is 0 Å². The van der Waals surface area contributed by atoms with E-state index in [1.807, 2.05) is 30.3 Å². The fraction of sp³-hybridized carbons (Fsp3) is 0.200. The Labute approximate surface area is 156 Å². The summed E-state index contributed by atoms with van der Waals surface area (Å²) < 4.78 is 10.5. The molecule has 1 fully saturated rings. The number of amides is 2. The number of imide groups is 1. The van der Waals surface area contributed by atoms with Crippen molar-refractivity contribution in [1.82, 2.24) is 4.90 Å². The van der Waals surface area contributed by atoms with Crippen LogP contribution in [0.25, 0.3) is 6.08 Å². The van der Waals surface area contributed by atoms with Crippen molar-refractivity contribution in [2.45, 2.75) is 6.42 Å². The molecule has 1 aliphatic heterocycles. The topological polar surface area (TPSA) is 55.8 Å². The SMILES string of the molecule is COc1ccc(/C=C2/SC(=O)N(CCc3ccccc3)C2=O)c(OC)c1. The molecule has 0 N–H and O–H groups in total. The number of carbonyl (C=O) groups is 2. The van der Waals surface area contributed by atoms with E-state index in [0.29, 0.717) is 29.4 Å². The summed E-state index contributed by atoms with van der Waals surface area (Å²) in [5.74, 6) is 0.976. The van der Waals surface area contributed by atoms with Gasteiger partial charge in [0.15, 0.2) is 0 Å². The van der Waals surface area contributed by atoms with Crippen molar-refractivity contribution in [3.63, 3.8) is 0 Å². The lowest BCUT2D eigenvalue weighted by Crippen LogP contribution is -2.30. The van der Waals surface area contributed by atoms with Gasteiger partial charge in [-0.3, -0.25) is 14.5 Å². The number of thioether (sulfide) groups is 1. The normalized spacial score (nSPS) is 15.6. The molecule has 5 nitrogen and oxygen atoms in total. The first-order chi connectivity index (χ1) is 12.6. The molecule has 6 heteroatoms. The first-order valence-corrected chi connectivity index (χ1v) is 8.95. The summed E-state index contributed by atoms with van der Waals surface area (Å²) in [6.07, 6.45) is 2.32. The Morgan fingerprint density at radius 2 is 1.81 bits per heavy atom. The van der Waals surface area contributed by atoms with Gasteiger partial charge in [0.25, 0.3) is 11.1 Å². The molecule has 0 unspecified atom stereocenters. The minimum Gasteiger partial charge on any atom is -0.497 e. The first-order valence-electron chi connectivity index (χ1n) is 8.13. The molecule has 1 heterocycles. The molecule has 1 saturated heterocycles. The van der Waals surface area contributed by atoms with Gasteiger partial charge in [0.05, 0.1) is 19.1 Å². The van der Waals surface area contributed by atoms with Crippen LogP contribution in [0.4, 0.5) is 4.79 Å². The summed E-state index contributed by atoms with van der Waals surface area (Å²) in [4.78, 5) is 26.5. The fourth-order valence-electron chi connectivity index (χ4n) is 2.66. The maximum Gasteiger partial charge on any atom is 0.293 e. The van der Waals surface area contributed by atoms with Crippen LogP contribution in [-0.2, 0) is 11.2 Å². The maximum atomic E-state index is 12.6. The summed E-state index contributed by atoms with van der Waals surface area (Å²) in [7, 11) is 3.13. The molecule has 0 aliphatic carbocycles. The van der Waals surface area contributed by atoms with E-state index in [4.69, 9.17) is 9.47 Å². The zero-order valence-electron chi connectivity index (χ0n) is 14.6. The molecule has 0 radical (unpaired) electrons. The van der Waals surface area contributed by atoms with E-state index in [1.54, 1.807) is 38.5 Å². The number of hydrogen-bond acceptors (Lipinski definition) is 5. The van der Waals surface area contributed by atoms with Gasteiger partial charge in [-0.1, -0.05) is 30.3 Å². The van der Waals surface area contributed by atoms with Crippen LogP contribution in [0.1, 0.15) is 11.1 Å². The lowest BCUT2D eigenvalue weighted by molar-refractivity contribution is -0.122. The maximum absolute atomic E-state index is 12.6. The van der Waals surface area contributed by atoms with Crippen molar-refractivity contribution in [3.8, 4) is 11.5 Å². The van der Waals surface area contributed by atoms with Gasteiger partial charge in [-0.25, -0.2) is 0 Å². The van der Waals surface area contributed by atoms with E-state index in [-0.39, 0.29) is 11.1 Å². The van der Waals surface area contributed by atoms with Crippen molar-refractivity contribution < 1.29 is 19.1 Å². The number of carbonyl (C=O) groups excluding carboxylic acids is 2. The minimum absolute atomic E-state index is 0.246. The molecule has 1 aliphatic rings. The molecule has 3 rings (SSSR count). The second kappa shape index (κ2) is 8.10. The average Bonchev–Trinajstić information content (AvgIpc) is 2.94. The summed E-state index contributed by atoms with van der Waals surface area (Å²) in [6.45, 7) is 0.367. The van der Waals surface area contributed by atoms with E-state index < -0.39 is 0 Å². The third-order valence-corrected chi connectivity index (χ3v) is 4.98. The Morgan fingerprint density at radius 1 is 1.04 bits per heavy atom. The fourth-order valence-corrected chi connectivity index (χ4v) is 3.51. The Kier molecular flexibility index (Phi) is 5.63. The van der Waals surface area contributed by atoms with Crippen LogP contribution < -0.4 is 9.47 Å². The van der Waals surface area contributed by atoms with Crippen LogP contribution in [-0.4, -0.2) is 36.8 Å². The largest absolute Gasteiger partial charge is 0.497 e. The Bertz CT molecular complexity index is 848. The van der Waals surface area contributed by atoms with Crippen molar-refractivity contribution in [1.29, 1.82) is 0 Å². The van der Waals surface area contributed by atoms with E-state index in [0.717, 1.165) is 22.9 Å².